The maximum atomic E-state index is 13.5. The molecule has 1 fully saturated rings. The molecule has 4 rings (SSSR count). The van der Waals surface area contributed by atoms with Crippen molar-refractivity contribution in [2.75, 3.05) is 13.2 Å². The number of fused-ring (bicyclic) bond motifs is 1. The van der Waals surface area contributed by atoms with Gasteiger partial charge in [0.05, 0.1) is 41.1 Å². The normalized spacial score (nSPS) is 20.2. The fourth-order valence-electron chi connectivity index (χ4n) is 3.71. The van der Waals surface area contributed by atoms with Gasteiger partial charge >= 0.3 is 0 Å². The molecule has 2 aromatic heterocycles. The fourth-order valence-corrected chi connectivity index (χ4v) is 3.71. The highest BCUT2D eigenvalue weighted by Crippen LogP contribution is 2.28. The first kappa shape index (κ1) is 17.7. The zero-order valence-corrected chi connectivity index (χ0v) is 16.1. The summed E-state index contributed by atoms with van der Waals surface area (Å²) in [5, 5.41) is 5.33. The monoisotopic (exact) mass is 364 g/mol. The topological polar surface area (TPSA) is 60.2 Å². The average molecular weight is 364 g/mol. The number of morpholine rings is 1. The molecule has 6 nitrogen and oxygen atoms in total. The van der Waals surface area contributed by atoms with Gasteiger partial charge < -0.3 is 9.64 Å². The summed E-state index contributed by atoms with van der Waals surface area (Å²) in [6.07, 6.45) is 0.0334. The Hall–Kier alpha value is -2.73. The van der Waals surface area contributed by atoms with Crippen LogP contribution in [-0.2, 0) is 11.8 Å². The van der Waals surface area contributed by atoms with Crippen LogP contribution < -0.4 is 0 Å². The van der Waals surface area contributed by atoms with Crippen LogP contribution in [0.5, 0.6) is 0 Å². The number of amides is 1. The van der Waals surface area contributed by atoms with Gasteiger partial charge in [0.25, 0.3) is 5.91 Å². The van der Waals surface area contributed by atoms with Crippen molar-refractivity contribution in [1.29, 1.82) is 0 Å². The predicted octanol–water partition coefficient (Wildman–Crippen LogP) is 3.19. The minimum absolute atomic E-state index is 0.0123. The number of nitrogens with zero attached hydrogens (tertiary/aromatic N) is 4. The van der Waals surface area contributed by atoms with Gasteiger partial charge in [-0.3, -0.25) is 9.48 Å². The molecule has 6 heteroatoms. The first-order chi connectivity index (χ1) is 13.0. The standard InChI is InChI=1S/C21H24N4O2/c1-13-12-27-14(2)11-25(13)21(26)17-10-18(16-8-6-5-7-9-16)22-20-19(17)15(3)23-24(20)4/h5-10,13-14H,11-12H2,1-4H3. The van der Waals surface area contributed by atoms with E-state index in [2.05, 4.69) is 5.10 Å². The minimum Gasteiger partial charge on any atom is -0.375 e. The molecule has 140 valence electrons. The number of carbonyl (C=O) groups is 1. The van der Waals surface area contributed by atoms with Crippen molar-refractivity contribution in [3.63, 3.8) is 0 Å². The number of ether oxygens (including phenoxy) is 1. The van der Waals surface area contributed by atoms with E-state index in [-0.39, 0.29) is 18.1 Å². The van der Waals surface area contributed by atoms with Gasteiger partial charge in [0.15, 0.2) is 5.65 Å². The molecule has 1 saturated heterocycles. The van der Waals surface area contributed by atoms with E-state index in [0.717, 1.165) is 28.0 Å². The third-order valence-corrected chi connectivity index (χ3v) is 5.14. The van der Waals surface area contributed by atoms with Gasteiger partial charge in [-0.15, -0.1) is 0 Å². The van der Waals surface area contributed by atoms with Crippen molar-refractivity contribution in [3.05, 3.63) is 47.7 Å². The number of hydrogen-bond acceptors (Lipinski definition) is 4. The Kier molecular flexibility index (Phi) is 4.44. The van der Waals surface area contributed by atoms with Crippen molar-refractivity contribution in [1.82, 2.24) is 19.7 Å². The lowest BCUT2D eigenvalue weighted by molar-refractivity contribution is -0.0386. The van der Waals surface area contributed by atoms with E-state index >= 15 is 0 Å². The molecule has 0 N–H and O–H groups in total. The molecule has 27 heavy (non-hydrogen) atoms. The van der Waals surface area contributed by atoms with Gasteiger partial charge in [-0.1, -0.05) is 30.3 Å². The van der Waals surface area contributed by atoms with Crippen LogP contribution in [0, 0.1) is 6.92 Å². The smallest absolute Gasteiger partial charge is 0.255 e. The molecule has 0 saturated carbocycles. The Labute approximate surface area is 158 Å². The third kappa shape index (κ3) is 3.10. The molecular formula is C21H24N4O2. The molecule has 0 radical (unpaired) electrons. The lowest BCUT2D eigenvalue weighted by Crippen LogP contribution is -2.50. The van der Waals surface area contributed by atoms with E-state index in [1.165, 1.54) is 0 Å². The molecule has 1 amide bonds. The van der Waals surface area contributed by atoms with Gasteiger partial charge in [0.1, 0.15) is 0 Å². The summed E-state index contributed by atoms with van der Waals surface area (Å²) in [6.45, 7) is 7.09. The molecule has 1 aliphatic heterocycles. The second kappa shape index (κ2) is 6.78. The van der Waals surface area contributed by atoms with E-state index in [4.69, 9.17) is 9.72 Å². The van der Waals surface area contributed by atoms with Crippen LogP contribution >= 0.6 is 0 Å². The van der Waals surface area contributed by atoms with E-state index < -0.39 is 0 Å². The van der Waals surface area contributed by atoms with E-state index in [0.29, 0.717) is 18.7 Å². The summed E-state index contributed by atoms with van der Waals surface area (Å²) < 4.78 is 7.44. The molecule has 2 atom stereocenters. The van der Waals surface area contributed by atoms with Gasteiger partial charge in [0.2, 0.25) is 0 Å². The number of benzene rings is 1. The van der Waals surface area contributed by atoms with Crippen LogP contribution in [0.15, 0.2) is 36.4 Å². The Morgan fingerprint density at radius 1 is 1.22 bits per heavy atom. The fraction of sp³-hybridized carbons (Fsp3) is 0.381. The lowest BCUT2D eigenvalue weighted by Gasteiger charge is -2.37. The molecule has 0 spiro atoms. The minimum atomic E-state index is 0.0123. The number of aromatic nitrogens is 3. The molecule has 2 unspecified atom stereocenters. The number of pyridine rings is 1. The zero-order valence-electron chi connectivity index (χ0n) is 16.1. The second-order valence-electron chi connectivity index (χ2n) is 7.28. The molecule has 3 heterocycles. The number of rotatable bonds is 2. The summed E-state index contributed by atoms with van der Waals surface area (Å²) >= 11 is 0. The molecular weight excluding hydrogens is 340 g/mol. The maximum Gasteiger partial charge on any atom is 0.255 e. The first-order valence-corrected chi connectivity index (χ1v) is 9.28. The van der Waals surface area contributed by atoms with Crippen molar-refractivity contribution >= 4 is 16.9 Å². The van der Waals surface area contributed by atoms with Crippen LogP contribution in [0.2, 0.25) is 0 Å². The largest absolute Gasteiger partial charge is 0.375 e. The van der Waals surface area contributed by atoms with Gasteiger partial charge in [-0.2, -0.15) is 5.10 Å². The van der Waals surface area contributed by atoms with Crippen molar-refractivity contribution in [2.45, 2.75) is 32.9 Å². The highest BCUT2D eigenvalue weighted by atomic mass is 16.5. The molecule has 1 aromatic carbocycles. The number of carbonyl (C=O) groups excluding carboxylic acids is 1. The van der Waals surface area contributed by atoms with Crippen LogP contribution in [0.25, 0.3) is 22.3 Å². The van der Waals surface area contributed by atoms with Gasteiger partial charge in [-0.25, -0.2) is 4.98 Å². The predicted molar refractivity (Wildman–Crippen MR) is 105 cm³/mol. The zero-order chi connectivity index (χ0) is 19.1. The molecule has 0 aliphatic carbocycles. The Balaban J connectivity index is 1.89. The summed E-state index contributed by atoms with van der Waals surface area (Å²) in [6, 6.07) is 11.9. The Morgan fingerprint density at radius 3 is 2.70 bits per heavy atom. The second-order valence-corrected chi connectivity index (χ2v) is 7.28. The first-order valence-electron chi connectivity index (χ1n) is 9.28. The van der Waals surface area contributed by atoms with Crippen LogP contribution in [0.1, 0.15) is 29.9 Å². The molecule has 1 aliphatic rings. The molecule has 3 aromatic rings. The van der Waals surface area contributed by atoms with Crippen LogP contribution in [0.4, 0.5) is 0 Å². The quantitative estimate of drug-likeness (QED) is 0.701. The SMILES string of the molecule is Cc1nn(C)c2nc(-c3ccccc3)cc(C(=O)N3CC(C)OCC3C)c12. The lowest BCUT2D eigenvalue weighted by atomic mass is 10.0. The van der Waals surface area contributed by atoms with Crippen molar-refractivity contribution in [3.8, 4) is 11.3 Å². The van der Waals surface area contributed by atoms with E-state index in [1.807, 2.05) is 69.1 Å². The van der Waals surface area contributed by atoms with Gasteiger partial charge in [0, 0.05) is 19.2 Å². The summed E-state index contributed by atoms with van der Waals surface area (Å²) in [5.74, 6) is 0.0123. The highest BCUT2D eigenvalue weighted by molar-refractivity contribution is 6.07. The summed E-state index contributed by atoms with van der Waals surface area (Å²) in [5.41, 5.74) is 3.97. The third-order valence-electron chi connectivity index (χ3n) is 5.14. The number of aryl methyl sites for hydroxylation is 2. The van der Waals surface area contributed by atoms with E-state index in [1.54, 1.807) is 4.68 Å². The maximum absolute atomic E-state index is 13.5. The van der Waals surface area contributed by atoms with Crippen molar-refractivity contribution < 1.29 is 9.53 Å². The van der Waals surface area contributed by atoms with Crippen molar-refractivity contribution in [2.24, 2.45) is 7.05 Å². The van der Waals surface area contributed by atoms with E-state index in [9.17, 15) is 4.79 Å². The van der Waals surface area contributed by atoms with Gasteiger partial charge in [-0.05, 0) is 26.8 Å². The summed E-state index contributed by atoms with van der Waals surface area (Å²) in [7, 11) is 1.87. The average Bonchev–Trinajstić information content (AvgIpc) is 2.97. The summed E-state index contributed by atoms with van der Waals surface area (Å²) in [4.78, 5) is 20.2. The highest BCUT2D eigenvalue weighted by Gasteiger charge is 2.30. The van der Waals surface area contributed by atoms with Crippen LogP contribution in [-0.4, -0.2) is 50.9 Å². The van der Waals surface area contributed by atoms with Crippen LogP contribution in [0.3, 0.4) is 0 Å². The Morgan fingerprint density at radius 2 is 1.96 bits per heavy atom. The Bertz CT molecular complexity index is 996. The number of hydrogen-bond donors (Lipinski definition) is 0. The molecule has 0 bridgehead atoms.